The van der Waals surface area contributed by atoms with Crippen molar-refractivity contribution >= 4 is 21.6 Å². The highest BCUT2D eigenvalue weighted by Crippen LogP contribution is 2.19. The Morgan fingerprint density at radius 2 is 1.68 bits per heavy atom. The van der Waals surface area contributed by atoms with E-state index in [9.17, 15) is 13.2 Å². The van der Waals surface area contributed by atoms with Crippen LogP contribution in [0.3, 0.4) is 0 Å². The first kappa shape index (κ1) is 16.0. The predicted octanol–water partition coefficient (Wildman–Crippen LogP) is 2.22. The molecule has 0 unspecified atom stereocenters. The molecule has 5 nitrogen and oxygen atoms in total. The van der Waals surface area contributed by atoms with Gasteiger partial charge < -0.3 is 5.73 Å². The van der Waals surface area contributed by atoms with Gasteiger partial charge in [-0.25, -0.2) is 8.42 Å². The van der Waals surface area contributed by atoms with Gasteiger partial charge in [-0.3, -0.25) is 9.52 Å². The minimum absolute atomic E-state index is 0.0900. The first-order valence-electron chi connectivity index (χ1n) is 6.81. The number of hydrogen-bond acceptors (Lipinski definition) is 3. The molecule has 2 rings (SSSR count). The van der Waals surface area contributed by atoms with Gasteiger partial charge >= 0.3 is 0 Å². The molecule has 0 aliphatic heterocycles. The van der Waals surface area contributed by atoms with Crippen molar-refractivity contribution in [2.75, 3.05) is 4.72 Å². The summed E-state index contributed by atoms with van der Waals surface area (Å²) < 4.78 is 26.7. The van der Waals surface area contributed by atoms with E-state index in [1.807, 2.05) is 6.07 Å². The SMILES string of the molecule is C[C@@H](C(N)=O)c1ccc(NS(=O)(=O)Cc2ccccc2)cc1. The number of carbonyl (C=O) groups is 1. The van der Waals surface area contributed by atoms with Crippen LogP contribution in [-0.4, -0.2) is 14.3 Å². The largest absolute Gasteiger partial charge is 0.369 e. The molecule has 0 bridgehead atoms. The molecule has 6 heteroatoms. The third kappa shape index (κ3) is 4.33. The monoisotopic (exact) mass is 318 g/mol. The van der Waals surface area contributed by atoms with Crippen molar-refractivity contribution in [3.05, 3.63) is 65.7 Å². The van der Waals surface area contributed by atoms with Crippen LogP contribution < -0.4 is 10.5 Å². The second-order valence-electron chi connectivity index (χ2n) is 5.09. The Morgan fingerprint density at radius 1 is 1.09 bits per heavy atom. The predicted molar refractivity (Wildman–Crippen MR) is 86.7 cm³/mol. The maximum atomic E-state index is 12.1. The van der Waals surface area contributed by atoms with E-state index in [4.69, 9.17) is 5.73 Å². The molecule has 0 fully saturated rings. The summed E-state index contributed by atoms with van der Waals surface area (Å²) >= 11 is 0. The van der Waals surface area contributed by atoms with Gasteiger partial charge in [0, 0.05) is 5.69 Å². The first-order valence-corrected chi connectivity index (χ1v) is 8.46. The summed E-state index contributed by atoms with van der Waals surface area (Å²) in [5.41, 5.74) is 7.16. The quantitative estimate of drug-likeness (QED) is 0.856. The van der Waals surface area contributed by atoms with E-state index in [0.29, 0.717) is 11.3 Å². The van der Waals surface area contributed by atoms with Crippen LogP contribution in [-0.2, 0) is 20.6 Å². The van der Waals surface area contributed by atoms with E-state index in [1.165, 1.54) is 0 Å². The molecule has 0 aromatic heterocycles. The zero-order valence-corrected chi connectivity index (χ0v) is 13.0. The van der Waals surface area contributed by atoms with Gasteiger partial charge in [0.1, 0.15) is 0 Å². The van der Waals surface area contributed by atoms with Crippen LogP contribution in [0, 0.1) is 0 Å². The number of rotatable bonds is 6. The summed E-state index contributed by atoms with van der Waals surface area (Å²) in [6, 6.07) is 15.6. The van der Waals surface area contributed by atoms with Crippen LogP contribution in [0.5, 0.6) is 0 Å². The summed E-state index contributed by atoms with van der Waals surface area (Å²) in [6.45, 7) is 1.71. The molecule has 3 N–H and O–H groups in total. The number of hydrogen-bond donors (Lipinski definition) is 2. The number of amides is 1. The highest BCUT2D eigenvalue weighted by Gasteiger charge is 2.14. The van der Waals surface area contributed by atoms with Gasteiger partial charge in [0.2, 0.25) is 15.9 Å². The van der Waals surface area contributed by atoms with Gasteiger partial charge in [-0.05, 0) is 30.2 Å². The van der Waals surface area contributed by atoms with Crippen LogP contribution >= 0.6 is 0 Å². The van der Waals surface area contributed by atoms with Crippen molar-refractivity contribution in [2.45, 2.75) is 18.6 Å². The zero-order chi connectivity index (χ0) is 16.2. The fourth-order valence-corrected chi connectivity index (χ4v) is 3.21. The summed E-state index contributed by atoms with van der Waals surface area (Å²) in [5.74, 6) is -0.916. The van der Waals surface area contributed by atoms with E-state index in [1.54, 1.807) is 55.5 Å². The summed E-state index contributed by atoms with van der Waals surface area (Å²) in [6.07, 6.45) is 0. The third-order valence-electron chi connectivity index (χ3n) is 3.31. The number of benzene rings is 2. The van der Waals surface area contributed by atoms with Crippen molar-refractivity contribution in [3.8, 4) is 0 Å². The van der Waals surface area contributed by atoms with Gasteiger partial charge in [-0.1, -0.05) is 42.5 Å². The number of sulfonamides is 1. The fraction of sp³-hybridized carbons (Fsp3) is 0.188. The average molecular weight is 318 g/mol. The Balaban J connectivity index is 2.08. The van der Waals surface area contributed by atoms with Crippen molar-refractivity contribution in [1.82, 2.24) is 0 Å². The van der Waals surface area contributed by atoms with E-state index in [2.05, 4.69) is 4.72 Å². The molecule has 0 aliphatic rings. The molecule has 0 saturated carbocycles. The van der Waals surface area contributed by atoms with Gasteiger partial charge in [-0.2, -0.15) is 0 Å². The van der Waals surface area contributed by atoms with Crippen LogP contribution in [0.1, 0.15) is 24.0 Å². The molecule has 1 atom stereocenters. The maximum absolute atomic E-state index is 12.1. The highest BCUT2D eigenvalue weighted by molar-refractivity contribution is 7.91. The van der Waals surface area contributed by atoms with Gasteiger partial charge in [0.25, 0.3) is 0 Å². The van der Waals surface area contributed by atoms with E-state index >= 15 is 0 Å². The molecule has 116 valence electrons. The lowest BCUT2D eigenvalue weighted by atomic mass is 10.0. The minimum atomic E-state index is -3.48. The molecule has 0 heterocycles. The Kier molecular flexibility index (Phi) is 4.82. The molecule has 2 aromatic rings. The Labute approximate surface area is 130 Å². The number of primary amides is 1. The number of nitrogens with one attached hydrogen (secondary N) is 1. The maximum Gasteiger partial charge on any atom is 0.236 e. The van der Waals surface area contributed by atoms with Gasteiger partial charge in [-0.15, -0.1) is 0 Å². The summed E-state index contributed by atoms with van der Waals surface area (Å²) in [5, 5.41) is 0. The van der Waals surface area contributed by atoms with E-state index in [-0.39, 0.29) is 5.75 Å². The second kappa shape index (κ2) is 6.62. The Hall–Kier alpha value is -2.34. The molecule has 22 heavy (non-hydrogen) atoms. The molecule has 2 aromatic carbocycles. The third-order valence-corrected chi connectivity index (χ3v) is 4.57. The lowest BCUT2D eigenvalue weighted by Gasteiger charge is -2.11. The molecular formula is C16H18N2O3S. The first-order chi connectivity index (χ1) is 10.4. The van der Waals surface area contributed by atoms with Gasteiger partial charge in [0.05, 0.1) is 11.7 Å². The molecule has 1 amide bonds. The minimum Gasteiger partial charge on any atom is -0.369 e. The molecule has 0 saturated heterocycles. The molecule has 0 aliphatic carbocycles. The van der Waals surface area contributed by atoms with E-state index in [0.717, 1.165) is 5.56 Å². The second-order valence-corrected chi connectivity index (χ2v) is 6.82. The highest BCUT2D eigenvalue weighted by atomic mass is 32.2. The molecular weight excluding hydrogens is 300 g/mol. The van der Waals surface area contributed by atoms with Crippen molar-refractivity contribution in [1.29, 1.82) is 0 Å². The number of anilines is 1. The summed E-state index contributed by atoms with van der Waals surface area (Å²) in [4.78, 5) is 11.1. The number of nitrogens with two attached hydrogens (primary N) is 1. The normalized spacial score (nSPS) is 12.6. The van der Waals surface area contributed by atoms with Crippen LogP contribution in [0.15, 0.2) is 54.6 Å². The average Bonchev–Trinajstić information content (AvgIpc) is 2.47. The van der Waals surface area contributed by atoms with Crippen molar-refractivity contribution < 1.29 is 13.2 Å². The standard InChI is InChI=1S/C16H18N2O3S/c1-12(16(17)19)14-7-9-15(10-8-14)18-22(20,21)11-13-5-3-2-4-6-13/h2-10,12,18H,11H2,1H3,(H2,17,19)/t12-/m1/s1. The smallest absolute Gasteiger partial charge is 0.236 e. The lowest BCUT2D eigenvalue weighted by Crippen LogP contribution is -2.19. The topological polar surface area (TPSA) is 89.3 Å². The summed E-state index contributed by atoms with van der Waals surface area (Å²) in [7, 11) is -3.48. The number of carbonyl (C=O) groups excluding carboxylic acids is 1. The molecule has 0 spiro atoms. The lowest BCUT2D eigenvalue weighted by molar-refractivity contribution is -0.119. The van der Waals surface area contributed by atoms with Crippen LogP contribution in [0.2, 0.25) is 0 Å². The van der Waals surface area contributed by atoms with Crippen molar-refractivity contribution in [2.24, 2.45) is 5.73 Å². The molecule has 0 radical (unpaired) electrons. The van der Waals surface area contributed by atoms with Crippen LogP contribution in [0.25, 0.3) is 0 Å². The Bertz CT molecular complexity index is 741. The Morgan fingerprint density at radius 3 is 2.23 bits per heavy atom. The zero-order valence-electron chi connectivity index (χ0n) is 12.2. The van der Waals surface area contributed by atoms with E-state index < -0.39 is 21.8 Å². The fourth-order valence-electron chi connectivity index (χ4n) is 2.01. The van der Waals surface area contributed by atoms with Crippen molar-refractivity contribution in [3.63, 3.8) is 0 Å². The van der Waals surface area contributed by atoms with Crippen LogP contribution in [0.4, 0.5) is 5.69 Å². The van der Waals surface area contributed by atoms with Gasteiger partial charge in [0.15, 0.2) is 0 Å².